The number of hydrogen-bond acceptors (Lipinski definition) is 2. The van der Waals surface area contributed by atoms with Crippen LogP contribution in [-0.4, -0.2) is 106 Å². The molecule has 0 saturated carbocycles. The molecule has 0 fully saturated rings. The highest BCUT2D eigenvalue weighted by Gasteiger charge is 2.35. The third-order valence-corrected chi connectivity index (χ3v) is 18.0. The van der Waals surface area contributed by atoms with Crippen LogP contribution in [0.4, 0.5) is 22.7 Å². The summed E-state index contributed by atoms with van der Waals surface area (Å²) in [7, 11) is 27.3. The molecule has 0 atom stereocenters. The summed E-state index contributed by atoms with van der Waals surface area (Å²) in [4.78, 5) is 5.63. The van der Waals surface area contributed by atoms with Gasteiger partial charge in [0.25, 0.3) is 0 Å². The maximum atomic E-state index is 2.82. The molecule has 0 saturated heterocycles. The zero-order valence-electron chi connectivity index (χ0n) is 49.0. The van der Waals surface area contributed by atoms with E-state index in [0.29, 0.717) is 12.1 Å². The van der Waals surface area contributed by atoms with E-state index in [1.54, 1.807) is 0 Å². The summed E-state index contributed by atoms with van der Waals surface area (Å²) in [6, 6.07) is 49.9. The van der Waals surface area contributed by atoms with Crippen LogP contribution in [0.25, 0.3) is 87.6 Å². The molecule has 0 unspecified atom stereocenters. The number of fused-ring (bicyclic) bond motifs is 2. The van der Waals surface area contributed by atoms with Crippen LogP contribution in [0.2, 0.25) is 0 Å². The Labute approximate surface area is 455 Å². The summed E-state index contributed by atoms with van der Waals surface area (Å²) in [5.41, 5.74) is 21.8. The lowest BCUT2D eigenvalue weighted by Gasteiger charge is -2.39. The largest absolute Gasteiger partial charge is 0.298 e. The normalized spacial score (nSPS) is 15.0. The molecular formula is C70H86N6+4. The Morgan fingerprint density at radius 2 is 0.500 bits per heavy atom. The Balaban J connectivity index is 1.35. The Hall–Kier alpha value is -5.96. The maximum Gasteiger partial charge on any atom is 0.132 e. The quantitative estimate of drug-likeness (QED) is 0.0608. The van der Waals surface area contributed by atoms with Gasteiger partial charge in [-0.3, -0.25) is 27.7 Å². The Morgan fingerprint density at radius 1 is 0.303 bits per heavy atom. The van der Waals surface area contributed by atoms with Crippen molar-refractivity contribution in [2.24, 2.45) is 0 Å². The van der Waals surface area contributed by atoms with Crippen LogP contribution in [0.3, 0.4) is 0 Å². The van der Waals surface area contributed by atoms with E-state index in [4.69, 9.17) is 0 Å². The minimum Gasteiger partial charge on any atom is -0.298 e. The van der Waals surface area contributed by atoms with E-state index in [1.165, 1.54) is 133 Å². The number of quaternary nitrogens is 4. The zero-order valence-corrected chi connectivity index (χ0v) is 49.0. The molecule has 76 heavy (non-hydrogen) atoms. The maximum absolute atomic E-state index is 2.82. The molecule has 0 bridgehead atoms. The third-order valence-electron chi connectivity index (χ3n) is 18.0. The first-order chi connectivity index (χ1) is 36.0. The smallest absolute Gasteiger partial charge is 0.132 e. The van der Waals surface area contributed by atoms with Gasteiger partial charge in [-0.25, -0.2) is 0 Å². The van der Waals surface area contributed by atoms with Crippen LogP contribution >= 0.6 is 0 Å². The molecular weight excluding hydrogens is 925 g/mol. The topological polar surface area (TPSA) is 6.48 Å². The Bertz CT molecular complexity index is 3180. The highest BCUT2D eigenvalue weighted by molar-refractivity contribution is 6.37. The highest BCUT2D eigenvalue weighted by atomic mass is 15.3. The summed E-state index contributed by atoms with van der Waals surface area (Å²) in [5.74, 6) is 0. The molecule has 11 rings (SSSR count). The lowest BCUT2D eigenvalue weighted by molar-refractivity contribution is 0.165. The molecule has 9 aromatic rings. The molecule has 0 spiro atoms. The van der Waals surface area contributed by atoms with Gasteiger partial charge in [0.1, 0.15) is 22.7 Å². The molecule has 0 aliphatic carbocycles. The number of nitrogens with zero attached hydrogens (tertiary/aromatic N) is 6. The average Bonchev–Trinajstić information content (AvgIpc) is 3.56. The lowest BCUT2D eigenvalue weighted by Crippen LogP contribution is -2.36. The second kappa shape index (κ2) is 18.9. The van der Waals surface area contributed by atoms with Crippen LogP contribution in [0, 0.1) is 0 Å². The zero-order chi connectivity index (χ0) is 54.0. The van der Waals surface area contributed by atoms with E-state index in [2.05, 4.69) is 243 Å². The van der Waals surface area contributed by atoms with Gasteiger partial charge in [0.05, 0.1) is 84.6 Å². The van der Waals surface area contributed by atoms with E-state index in [0.717, 1.165) is 69.8 Å². The van der Waals surface area contributed by atoms with Gasteiger partial charge in [-0.1, -0.05) is 27.7 Å². The van der Waals surface area contributed by atoms with Crippen molar-refractivity contribution >= 4 is 65.8 Å². The highest BCUT2D eigenvalue weighted by Crippen LogP contribution is 2.54. The summed E-state index contributed by atoms with van der Waals surface area (Å²) >= 11 is 0. The molecule has 0 N–H and O–H groups in total. The van der Waals surface area contributed by atoms with E-state index in [9.17, 15) is 0 Å². The fraction of sp³-hybridized carbons (Fsp3) is 0.371. The predicted molar refractivity (Wildman–Crippen MR) is 335 cm³/mol. The molecule has 2 aliphatic rings. The van der Waals surface area contributed by atoms with E-state index in [1.807, 2.05) is 0 Å². The summed E-state index contributed by atoms with van der Waals surface area (Å²) in [5, 5.41) is 11.3. The fourth-order valence-electron chi connectivity index (χ4n) is 13.5. The van der Waals surface area contributed by atoms with Crippen molar-refractivity contribution in [3.8, 4) is 44.5 Å². The molecule has 6 heteroatoms. The standard InChI is InChI=1S/C70H86N6/c1-17-49(18-2)71-41-63-55(45-21-29-51(30-22-45)73(5,6)7)37-59-61-39-57(47-25-33-53(34-26-47)75(11,12)13)65-43-72(50(19-3)20-4)44-66-58(48-27-35-54(36-28-48)76(14,15)16)40-62(68(61)70(65)66)60-38-56(64(42-71)69(63)67(59)60)46-23-31-52(32-24-46)74(8,9)10/h21-40,49-50H,17-20,41-44H2,1-16H3/q+4. The Morgan fingerprint density at radius 3 is 0.671 bits per heavy atom. The van der Waals surface area contributed by atoms with Crippen molar-refractivity contribution in [1.82, 2.24) is 27.7 Å². The van der Waals surface area contributed by atoms with Gasteiger partial charge in [-0.05, 0) is 257 Å². The minimum absolute atomic E-state index is 0.478. The number of rotatable bonds is 14. The molecule has 392 valence electrons. The van der Waals surface area contributed by atoms with E-state index >= 15 is 0 Å². The van der Waals surface area contributed by atoms with Crippen molar-refractivity contribution in [2.45, 2.75) is 91.6 Å². The fourth-order valence-corrected chi connectivity index (χ4v) is 13.5. The van der Waals surface area contributed by atoms with Crippen LogP contribution in [0.5, 0.6) is 0 Å². The molecule has 0 amide bonds. The summed E-state index contributed by atoms with van der Waals surface area (Å²) in [6.07, 6.45) is 4.49. The first-order valence-corrected chi connectivity index (χ1v) is 28.5. The molecule has 2 heterocycles. The van der Waals surface area contributed by atoms with Gasteiger partial charge < -0.3 is 0 Å². The molecule has 2 aliphatic heterocycles. The summed E-state index contributed by atoms with van der Waals surface area (Å²) in [6.45, 7) is 13.2. The van der Waals surface area contributed by atoms with Gasteiger partial charge >= 0.3 is 0 Å². The van der Waals surface area contributed by atoms with E-state index in [-0.39, 0.29) is 0 Å². The van der Waals surface area contributed by atoms with Crippen molar-refractivity contribution in [3.63, 3.8) is 0 Å². The second-order valence-corrected chi connectivity index (χ2v) is 26.3. The van der Waals surface area contributed by atoms with Crippen LogP contribution < -0.4 is 17.9 Å². The monoisotopic (exact) mass is 1010 g/mol. The van der Waals surface area contributed by atoms with Crippen molar-refractivity contribution < 1.29 is 0 Å². The third kappa shape index (κ3) is 8.84. The second-order valence-electron chi connectivity index (χ2n) is 26.3. The van der Waals surface area contributed by atoms with Crippen LogP contribution in [0.15, 0.2) is 121 Å². The summed E-state index contributed by atoms with van der Waals surface area (Å²) < 4.78 is 3.11. The SMILES string of the molecule is CCC(CC)N1Cc2c(-c3ccc([N+](C)(C)C)cc3)cc3c4cc(-c5ccc([N+](C)(C)C)cc5)c5c6c(c(-c7ccc([N+](C)(C)C)cc7)cc(c7cc(-c8ccc([N+](C)(C)C)cc8)c(c2c37)C1)c64)CN(C(CC)CC)C5. The first-order valence-electron chi connectivity index (χ1n) is 28.5. The Kier molecular flexibility index (Phi) is 13.0. The van der Waals surface area contributed by atoms with Crippen molar-refractivity contribution in [3.05, 3.63) is 144 Å². The predicted octanol–water partition coefficient (Wildman–Crippen LogP) is 16.2. The van der Waals surface area contributed by atoms with Gasteiger partial charge in [0, 0.05) is 38.3 Å². The minimum atomic E-state index is 0.478. The van der Waals surface area contributed by atoms with Gasteiger partial charge in [0.15, 0.2) is 0 Å². The number of hydrogen-bond donors (Lipinski definition) is 0. The van der Waals surface area contributed by atoms with Gasteiger partial charge in [-0.2, -0.15) is 0 Å². The van der Waals surface area contributed by atoms with Gasteiger partial charge in [-0.15, -0.1) is 0 Å². The van der Waals surface area contributed by atoms with Crippen LogP contribution in [-0.2, 0) is 26.2 Å². The van der Waals surface area contributed by atoms with Crippen LogP contribution in [0.1, 0.15) is 75.6 Å². The van der Waals surface area contributed by atoms with E-state index < -0.39 is 0 Å². The average molecular weight is 1010 g/mol. The van der Waals surface area contributed by atoms with Gasteiger partial charge in [0.2, 0.25) is 0 Å². The molecule has 6 nitrogen and oxygen atoms in total. The van der Waals surface area contributed by atoms with Crippen molar-refractivity contribution in [2.75, 3.05) is 84.6 Å². The van der Waals surface area contributed by atoms with Crippen molar-refractivity contribution in [1.29, 1.82) is 0 Å². The number of benzene rings is 9. The molecule has 0 aromatic heterocycles. The molecule has 9 aromatic carbocycles. The molecule has 0 radical (unpaired) electrons. The lowest BCUT2D eigenvalue weighted by atomic mass is 9.76. The first kappa shape index (κ1) is 52.1.